The van der Waals surface area contributed by atoms with Gasteiger partial charge < -0.3 is 0 Å². The molecule has 2 heterocycles. The first kappa shape index (κ1) is 12.2. The van der Waals surface area contributed by atoms with Gasteiger partial charge in [0.25, 0.3) is 0 Å². The molecule has 2 aromatic rings. The number of nitrogens with zero attached hydrogens (tertiary/aromatic N) is 3. The summed E-state index contributed by atoms with van der Waals surface area (Å²) in [6.07, 6.45) is 1.91. The Bertz CT molecular complexity index is 488. The first-order valence-corrected chi connectivity index (χ1v) is 6.61. The molecule has 0 radical (unpaired) electrons. The molecule has 0 bridgehead atoms. The first-order valence-electron chi connectivity index (χ1n) is 5.84. The summed E-state index contributed by atoms with van der Waals surface area (Å²) in [7, 11) is 0. The van der Waals surface area contributed by atoms with Gasteiger partial charge in [0, 0.05) is 17.8 Å². The average molecular weight is 247 g/mol. The van der Waals surface area contributed by atoms with Crippen LogP contribution in [0.3, 0.4) is 0 Å². The van der Waals surface area contributed by atoms with E-state index in [4.69, 9.17) is 0 Å². The van der Waals surface area contributed by atoms with Crippen molar-refractivity contribution in [3.63, 3.8) is 0 Å². The third-order valence-corrected chi connectivity index (χ3v) is 3.78. The molecule has 0 amide bonds. The normalized spacial score (nSPS) is 13.0. The molecule has 0 saturated heterocycles. The lowest BCUT2D eigenvalue weighted by Gasteiger charge is -2.11. The minimum absolute atomic E-state index is 0.271. The maximum Gasteiger partial charge on any atom is 0.0819 e. The first-order chi connectivity index (χ1) is 8.09. The van der Waals surface area contributed by atoms with Crippen LogP contribution in [0.25, 0.3) is 0 Å². The molecule has 0 N–H and O–H groups in total. The van der Waals surface area contributed by atoms with E-state index in [0.29, 0.717) is 5.92 Å². The van der Waals surface area contributed by atoms with Gasteiger partial charge in [0.15, 0.2) is 0 Å². The van der Waals surface area contributed by atoms with Gasteiger partial charge in [0.1, 0.15) is 0 Å². The van der Waals surface area contributed by atoms with E-state index in [0.717, 1.165) is 11.4 Å². The summed E-state index contributed by atoms with van der Waals surface area (Å²) in [5.74, 6) is 0.685. The SMILES string of the molecule is Cc1ccc(C(C)c2snnc2C(C)C)nc1. The van der Waals surface area contributed by atoms with Crippen molar-refractivity contribution in [2.75, 3.05) is 0 Å². The van der Waals surface area contributed by atoms with Gasteiger partial charge in [-0.15, -0.1) is 5.10 Å². The predicted molar refractivity (Wildman–Crippen MR) is 70.5 cm³/mol. The van der Waals surface area contributed by atoms with Gasteiger partial charge in [-0.1, -0.05) is 31.3 Å². The zero-order valence-corrected chi connectivity index (χ0v) is 11.5. The Kier molecular flexibility index (Phi) is 3.52. The van der Waals surface area contributed by atoms with Crippen molar-refractivity contribution < 1.29 is 0 Å². The van der Waals surface area contributed by atoms with E-state index < -0.39 is 0 Å². The molecule has 0 spiro atoms. The second-order valence-electron chi connectivity index (χ2n) is 4.66. The topological polar surface area (TPSA) is 38.7 Å². The van der Waals surface area contributed by atoms with Crippen LogP contribution in [0.4, 0.5) is 0 Å². The van der Waals surface area contributed by atoms with Gasteiger partial charge in [-0.05, 0) is 36.0 Å². The van der Waals surface area contributed by atoms with E-state index in [1.165, 1.54) is 22.0 Å². The molecule has 17 heavy (non-hydrogen) atoms. The molecule has 3 nitrogen and oxygen atoms in total. The highest BCUT2D eigenvalue weighted by Gasteiger charge is 2.19. The lowest BCUT2D eigenvalue weighted by atomic mass is 9.99. The molecule has 0 aliphatic heterocycles. The molecule has 2 aromatic heterocycles. The van der Waals surface area contributed by atoms with Crippen molar-refractivity contribution in [2.45, 2.75) is 39.5 Å². The molecule has 4 heteroatoms. The van der Waals surface area contributed by atoms with E-state index in [-0.39, 0.29) is 5.92 Å². The van der Waals surface area contributed by atoms with Crippen molar-refractivity contribution in [1.29, 1.82) is 0 Å². The van der Waals surface area contributed by atoms with Crippen molar-refractivity contribution in [3.8, 4) is 0 Å². The van der Waals surface area contributed by atoms with Gasteiger partial charge in [-0.3, -0.25) is 4.98 Å². The molecule has 1 unspecified atom stereocenters. The predicted octanol–water partition coefficient (Wildman–Crippen LogP) is 3.52. The van der Waals surface area contributed by atoms with Crippen molar-refractivity contribution in [2.24, 2.45) is 0 Å². The molecule has 0 aliphatic rings. The van der Waals surface area contributed by atoms with E-state index in [9.17, 15) is 0 Å². The van der Waals surface area contributed by atoms with Crippen LogP contribution in [0.15, 0.2) is 18.3 Å². The Balaban J connectivity index is 2.33. The minimum atomic E-state index is 0.271. The van der Waals surface area contributed by atoms with E-state index >= 15 is 0 Å². The fourth-order valence-corrected chi connectivity index (χ4v) is 2.64. The van der Waals surface area contributed by atoms with Gasteiger partial charge in [0.2, 0.25) is 0 Å². The Morgan fingerprint density at radius 2 is 1.94 bits per heavy atom. The van der Waals surface area contributed by atoms with Crippen LogP contribution < -0.4 is 0 Å². The van der Waals surface area contributed by atoms with Crippen LogP contribution >= 0.6 is 11.5 Å². The van der Waals surface area contributed by atoms with Gasteiger partial charge in [0.05, 0.1) is 10.6 Å². The molecule has 0 aromatic carbocycles. The van der Waals surface area contributed by atoms with Crippen molar-refractivity contribution in [1.82, 2.24) is 14.6 Å². The zero-order chi connectivity index (χ0) is 12.4. The highest BCUT2D eigenvalue weighted by molar-refractivity contribution is 7.05. The quantitative estimate of drug-likeness (QED) is 0.833. The molecule has 90 valence electrons. The van der Waals surface area contributed by atoms with E-state index in [1.807, 2.05) is 6.20 Å². The van der Waals surface area contributed by atoms with Gasteiger partial charge in [-0.25, -0.2) is 0 Å². The summed E-state index contributed by atoms with van der Waals surface area (Å²) < 4.78 is 4.07. The second-order valence-corrected chi connectivity index (χ2v) is 5.44. The Hall–Kier alpha value is -1.29. The fourth-order valence-electron chi connectivity index (χ4n) is 1.77. The van der Waals surface area contributed by atoms with E-state index in [1.54, 1.807) is 0 Å². The highest BCUT2D eigenvalue weighted by atomic mass is 32.1. The number of pyridine rings is 1. The maximum atomic E-state index is 4.49. The number of rotatable bonds is 3. The Labute approximate surface area is 106 Å². The monoisotopic (exact) mass is 247 g/mol. The van der Waals surface area contributed by atoms with Crippen LogP contribution in [-0.4, -0.2) is 14.6 Å². The average Bonchev–Trinajstić information content (AvgIpc) is 2.78. The van der Waals surface area contributed by atoms with Crippen LogP contribution in [0.5, 0.6) is 0 Å². The number of aromatic nitrogens is 3. The lowest BCUT2D eigenvalue weighted by Crippen LogP contribution is -2.02. The van der Waals surface area contributed by atoms with Gasteiger partial charge >= 0.3 is 0 Å². The summed E-state index contributed by atoms with van der Waals surface area (Å²) in [6.45, 7) is 8.51. The van der Waals surface area contributed by atoms with Crippen LogP contribution in [-0.2, 0) is 0 Å². The summed E-state index contributed by atoms with van der Waals surface area (Å²) in [4.78, 5) is 5.72. The summed E-state index contributed by atoms with van der Waals surface area (Å²) in [5.41, 5.74) is 3.38. The van der Waals surface area contributed by atoms with Gasteiger partial charge in [-0.2, -0.15) is 0 Å². The number of hydrogen-bond acceptors (Lipinski definition) is 4. The van der Waals surface area contributed by atoms with Crippen molar-refractivity contribution >= 4 is 11.5 Å². The standard InChI is InChI=1S/C13H17N3S/c1-8(2)12-13(17-16-15-12)10(4)11-6-5-9(3)7-14-11/h5-8,10H,1-4H3. The highest BCUT2D eigenvalue weighted by Crippen LogP contribution is 2.31. The largest absolute Gasteiger partial charge is 0.260 e. The maximum absolute atomic E-state index is 4.49. The molecule has 0 fully saturated rings. The third-order valence-electron chi connectivity index (χ3n) is 2.86. The Morgan fingerprint density at radius 3 is 2.53 bits per heavy atom. The molecular weight excluding hydrogens is 230 g/mol. The number of hydrogen-bond donors (Lipinski definition) is 0. The van der Waals surface area contributed by atoms with Crippen molar-refractivity contribution in [3.05, 3.63) is 40.2 Å². The summed E-state index contributed by atoms with van der Waals surface area (Å²) in [6, 6.07) is 4.19. The second kappa shape index (κ2) is 4.92. The van der Waals surface area contributed by atoms with Crippen LogP contribution in [0.2, 0.25) is 0 Å². The molecular formula is C13H17N3S. The number of aryl methyl sites for hydroxylation is 1. The lowest BCUT2D eigenvalue weighted by molar-refractivity contribution is 0.772. The third kappa shape index (κ3) is 2.52. The molecule has 2 rings (SSSR count). The molecule has 0 saturated carbocycles. The summed E-state index contributed by atoms with van der Waals surface area (Å²) in [5, 5.41) is 4.22. The van der Waals surface area contributed by atoms with E-state index in [2.05, 4.69) is 54.4 Å². The minimum Gasteiger partial charge on any atom is -0.260 e. The molecule has 0 aliphatic carbocycles. The molecule has 1 atom stereocenters. The smallest absolute Gasteiger partial charge is 0.0819 e. The fraction of sp³-hybridized carbons (Fsp3) is 0.462. The zero-order valence-electron chi connectivity index (χ0n) is 10.6. The van der Waals surface area contributed by atoms with Crippen LogP contribution in [0.1, 0.15) is 54.4 Å². The van der Waals surface area contributed by atoms with Crippen LogP contribution in [0, 0.1) is 6.92 Å². The summed E-state index contributed by atoms with van der Waals surface area (Å²) >= 11 is 1.48. The Morgan fingerprint density at radius 1 is 1.18 bits per heavy atom.